The van der Waals surface area contributed by atoms with E-state index in [9.17, 15) is 38.7 Å². The summed E-state index contributed by atoms with van der Waals surface area (Å²) in [4.78, 5) is 93.8. The average Bonchev–Trinajstić information content (AvgIpc) is 3.24. The first-order valence-corrected chi connectivity index (χ1v) is 21.6. The third-order valence-corrected chi connectivity index (χ3v) is 9.77. The van der Waals surface area contributed by atoms with Crippen molar-refractivity contribution in [2.45, 2.75) is 109 Å². The van der Waals surface area contributed by atoms with E-state index in [0.29, 0.717) is 24.1 Å². The Kier molecular flexibility index (Phi) is 23.9. The SMILES string of the molecule is CCNC(=O)[C@H](CCCNC(=N)N)NC(=O)[C@H](CCCNC(=N)N)NC(=O)[C@H](CC(C)C)NC(=O)[C@H](Cc1ccccc1)NC(=O)CNC(=O)[C@@H](C)NC(=O)[C@@H](N)Cc1ccc(O)cc1. The largest absolute Gasteiger partial charge is 0.508 e. The highest BCUT2D eigenvalue weighted by Crippen LogP contribution is 2.12. The number of hydrogen-bond donors (Lipinski definition) is 15. The van der Waals surface area contributed by atoms with E-state index < -0.39 is 84.1 Å². The lowest BCUT2D eigenvalue weighted by Crippen LogP contribution is -2.59. The van der Waals surface area contributed by atoms with Gasteiger partial charge in [0.15, 0.2) is 11.9 Å². The molecule has 0 radical (unpaired) electrons. The Bertz CT molecular complexity index is 1900. The number of hydrogen-bond acceptors (Lipinski definition) is 11. The molecule has 22 heteroatoms. The van der Waals surface area contributed by atoms with Crippen molar-refractivity contribution in [1.82, 2.24) is 47.9 Å². The normalized spacial score (nSPS) is 13.6. The van der Waals surface area contributed by atoms with E-state index in [0.717, 1.165) is 0 Å². The molecule has 0 saturated heterocycles. The van der Waals surface area contributed by atoms with Crippen LogP contribution in [-0.2, 0) is 46.4 Å². The van der Waals surface area contributed by atoms with Gasteiger partial charge in [0.1, 0.15) is 36.0 Å². The van der Waals surface area contributed by atoms with Gasteiger partial charge in [0.2, 0.25) is 41.4 Å². The van der Waals surface area contributed by atoms with E-state index in [4.69, 9.17) is 28.0 Å². The third kappa shape index (κ3) is 21.8. The van der Waals surface area contributed by atoms with Gasteiger partial charge < -0.3 is 70.2 Å². The molecule has 0 bridgehead atoms. The van der Waals surface area contributed by atoms with Crippen molar-refractivity contribution in [1.29, 1.82) is 10.8 Å². The zero-order valence-corrected chi connectivity index (χ0v) is 37.6. The van der Waals surface area contributed by atoms with Crippen LogP contribution in [0.25, 0.3) is 0 Å². The number of nitrogens with one attached hydrogen (secondary N) is 11. The molecule has 65 heavy (non-hydrogen) atoms. The Morgan fingerprint density at radius 2 is 1.09 bits per heavy atom. The number of guanidine groups is 2. The molecule has 7 amide bonds. The second kappa shape index (κ2) is 28.7. The fourth-order valence-electron chi connectivity index (χ4n) is 6.40. The molecular weight excluding hydrogens is 841 g/mol. The molecule has 0 heterocycles. The van der Waals surface area contributed by atoms with Crippen LogP contribution < -0.4 is 65.1 Å². The Balaban J connectivity index is 2.22. The molecule has 0 aliphatic heterocycles. The molecule has 2 aromatic carbocycles. The second-order valence-corrected chi connectivity index (χ2v) is 15.9. The summed E-state index contributed by atoms with van der Waals surface area (Å²) >= 11 is 0. The van der Waals surface area contributed by atoms with Crippen LogP contribution in [0, 0.1) is 16.7 Å². The molecule has 0 saturated carbocycles. The van der Waals surface area contributed by atoms with Crippen LogP contribution in [-0.4, -0.2) is 121 Å². The van der Waals surface area contributed by atoms with Gasteiger partial charge in [-0.2, -0.15) is 0 Å². The summed E-state index contributed by atoms with van der Waals surface area (Å²) in [6.45, 7) is 7.01. The number of nitrogens with two attached hydrogens (primary N) is 3. The van der Waals surface area contributed by atoms with Crippen molar-refractivity contribution >= 4 is 53.3 Å². The fraction of sp³-hybridized carbons (Fsp3) is 0.512. The fourth-order valence-corrected chi connectivity index (χ4v) is 6.40. The van der Waals surface area contributed by atoms with Crippen LogP contribution in [0.4, 0.5) is 0 Å². The second-order valence-electron chi connectivity index (χ2n) is 15.9. The van der Waals surface area contributed by atoms with Gasteiger partial charge in [-0.05, 0) is 81.5 Å². The summed E-state index contributed by atoms with van der Waals surface area (Å²) in [6, 6.07) is 8.27. The van der Waals surface area contributed by atoms with Gasteiger partial charge in [-0.1, -0.05) is 56.3 Å². The maximum Gasteiger partial charge on any atom is 0.243 e. The minimum atomic E-state index is -1.23. The maximum absolute atomic E-state index is 14.1. The van der Waals surface area contributed by atoms with Crippen LogP contribution in [0.1, 0.15) is 70.9 Å². The lowest BCUT2D eigenvalue weighted by atomic mass is 10.00. The molecule has 18 N–H and O–H groups in total. The standard InChI is InChI=1S/C43H68N14O8/c1-5-49-38(62)31(13-9-19-50-42(45)46)55-39(63)32(14-10-20-51-43(47)48)56-40(64)33(21-25(2)3)57-41(65)34(23-27-11-7-6-8-12-27)54-35(59)24-52-36(60)26(4)53-37(61)30(44)22-28-15-17-29(58)18-16-28/h6-8,11-12,15-18,25-26,30-34,58H,5,9-10,13-14,19-24,44H2,1-4H3,(H,49,62)(H,52,60)(H,53,61)(H,54,59)(H,55,63)(H,56,64)(H,57,65)(H4,45,46,50)(H4,47,48,51)/t26-,30+,31+,32+,33+,34+/m1/s1. The topological polar surface area (TPSA) is 374 Å². The van der Waals surface area contributed by atoms with Crippen molar-refractivity contribution < 1.29 is 38.7 Å². The van der Waals surface area contributed by atoms with Gasteiger partial charge in [-0.15, -0.1) is 0 Å². The molecule has 0 aliphatic carbocycles. The zero-order chi connectivity index (χ0) is 48.5. The van der Waals surface area contributed by atoms with Crippen molar-refractivity contribution in [2.24, 2.45) is 23.1 Å². The lowest BCUT2D eigenvalue weighted by Gasteiger charge is -2.27. The third-order valence-electron chi connectivity index (χ3n) is 9.77. The monoisotopic (exact) mass is 909 g/mol. The number of phenols is 1. The summed E-state index contributed by atoms with van der Waals surface area (Å²) in [5, 5.41) is 48.1. The minimum Gasteiger partial charge on any atom is -0.508 e. The summed E-state index contributed by atoms with van der Waals surface area (Å²) in [5.74, 6) is -5.20. The highest BCUT2D eigenvalue weighted by Gasteiger charge is 2.32. The Labute approximate surface area is 379 Å². The Morgan fingerprint density at radius 3 is 1.63 bits per heavy atom. The van der Waals surface area contributed by atoms with Crippen LogP contribution in [0.15, 0.2) is 54.6 Å². The number of carbonyl (C=O) groups is 7. The van der Waals surface area contributed by atoms with E-state index in [-0.39, 0.29) is 75.2 Å². The minimum absolute atomic E-state index is 0.00505. The number of aromatic hydroxyl groups is 1. The maximum atomic E-state index is 14.1. The van der Waals surface area contributed by atoms with Gasteiger partial charge in [0.05, 0.1) is 12.6 Å². The van der Waals surface area contributed by atoms with E-state index in [1.165, 1.54) is 19.1 Å². The predicted molar refractivity (Wildman–Crippen MR) is 245 cm³/mol. The van der Waals surface area contributed by atoms with Crippen LogP contribution in [0.3, 0.4) is 0 Å². The van der Waals surface area contributed by atoms with E-state index in [1.807, 2.05) is 13.8 Å². The highest BCUT2D eigenvalue weighted by molar-refractivity contribution is 5.96. The van der Waals surface area contributed by atoms with Crippen LogP contribution >= 0.6 is 0 Å². The first-order chi connectivity index (χ1) is 30.8. The lowest BCUT2D eigenvalue weighted by molar-refractivity contribution is -0.135. The van der Waals surface area contributed by atoms with Crippen LogP contribution in [0.5, 0.6) is 5.75 Å². The Hall–Kier alpha value is -6.97. The molecule has 0 fully saturated rings. The van der Waals surface area contributed by atoms with Crippen molar-refractivity contribution in [3.05, 3.63) is 65.7 Å². The van der Waals surface area contributed by atoms with Gasteiger partial charge in [-0.3, -0.25) is 44.4 Å². The highest BCUT2D eigenvalue weighted by atomic mass is 16.3. The summed E-state index contributed by atoms with van der Waals surface area (Å²) < 4.78 is 0. The molecule has 22 nitrogen and oxygen atoms in total. The van der Waals surface area contributed by atoms with Crippen LogP contribution in [0.2, 0.25) is 0 Å². The number of carbonyl (C=O) groups excluding carboxylic acids is 7. The molecule has 0 spiro atoms. The smallest absolute Gasteiger partial charge is 0.243 e. The number of amides is 7. The summed E-state index contributed by atoms with van der Waals surface area (Å²) in [5.41, 5.74) is 18.2. The molecule has 2 rings (SSSR count). The first kappa shape index (κ1) is 54.2. The van der Waals surface area contributed by atoms with Gasteiger partial charge >= 0.3 is 0 Å². The predicted octanol–water partition coefficient (Wildman–Crippen LogP) is -2.23. The number of benzene rings is 2. The van der Waals surface area contributed by atoms with E-state index >= 15 is 0 Å². The van der Waals surface area contributed by atoms with Gasteiger partial charge in [0, 0.05) is 26.1 Å². The van der Waals surface area contributed by atoms with Gasteiger partial charge in [-0.25, -0.2) is 0 Å². The zero-order valence-electron chi connectivity index (χ0n) is 37.6. The average molecular weight is 909 g/mol. The molecule has 358 valence electrons. The molecule has 0 aromatic heterocycles. The van der Waals surface area contributed by atoms with E-state index in [2.05, 4.69) is 47.9 Å². The quantitative estimate of drug-likeness (QED) is 0.0245. The summed E-state index contributed by atoms with van der Waals surface area (Å²) in [7, 11) is 0. The van der Waals surface area contributed by atoms with Crippen molar-refractivity contribution in [2.75, 3.05) is 26.2 Å². The molecule has 2 aromatic rings. The molecular formula is C43H68N14O8. The molecule has 0 unspecified atom stereocenters. The Morgan fingerprint density at radius 1 is 0.585 bits per heavy atom. The number of phenolic OH excluding ortho intramolecular Hbond substituents is 1. The van der Waals surface area contributed by atoms with Crippen molar-refractivity contribution in [3.63, 3.8) is 0 Å². The molecule has 0 aliphatic rings. The van der Waals surface area contributed by atoms with E-state index in [1.54, 1.807) is 49.4 Å². The van der Waals surface area contributed by atoms with Gasteiger partial charge in [0.25, 0.3) is 0 Å². The molecule has 6 atom stereocenters. The summed E-state index contributed by atoms with van der Waals surface area (Å²) in [6.07, 6.45) is 1.16. The number of likely N-dealkylation sites (N-methyl/N-ethyl adjacent to an activating group) is 1. The van der Waals surface area contributed by atoms with Crippen molar-refractivity contribution in [3.8, 4) is 5.75 Å². The number of rotatable bonds is 28. The first-order valence-electron chi connectivity index (χ1n) is 21.6.